The van der Waals surface area contributed by atoms with Gasteiger partial charge in [-0.25, -0.2) is 0 Å². The third kappa shape index (κ3) is 3.68. The van der Waals surface area contributed by atoms with Gasteiger partial charge in [-0.05, 0) is 0 Å². The van der Waals surface area contributed by atoms with Crippen LogP contribution in [0.25, 0.3) is 11.5 Å². The molecule has 7 heteroatoms. The summed E-state index contributed by atoms with van der Waals surface area (Å²) in [6, 6.07) is 27.6. The van der Waals surface area contributed by atoms with E-state index in [1.807, 2.05) is 94.4 Å². The van der Waals surface area contributed by atoms with Gasteiger partial charge in [0.15, 0.2) is 0 Å². The molecule has 2 heterocycles. The third-order valence-corrected chi connectivity index (χ3v) is 9.14. The van der Waals surface area contributed by atoms with Crippen molar-refractivity contribution in [3.8, 4) is 0 Å². The van der Waals surface area contributed by atoms with Crippen LogP contribution in [0.1, 0.15) is 49.2 Å². The molecule has 0 amide bonds. The van der Waals surface area contributed by atoms with Gasteiger partial charge in [-0.1, -0.05) is 0 Å². The fourth-order valence-corrected chi connectivity index (χ4v) is 7.49. The molecule has 34 heavy (non-hydrogen) atoms. The summed E-state index contributed by atoms with van der Waals surface area (Å²) in [6.45, 7) is 7.45. The van der Waals surface area contributed by atoms with Crippen molar-refractivity contribution < 1.29 is 27.4 Å². The van der Waals surface area contributed by atoms with Gasteiger partial charge >= 0.3 is 199 Å². The summed E-state index contributed by atoms with van der Waals surface area (Å²) in [5, 5.41) is 0. The van der Waals surface area contributed by atoms with Crippen LogP contribution in [0.5, 0.6) is 0 Å². The second-order valence-corrected chi connectivity index (χ2v) is 11.7. The Morgan fingerprint density at radius 1 is 0.647 bits per heavy atom. The number of carbonyl (C=O) groups is 1. The van der Waals surface area contributed by atoms with E-state index in [2.05, 4.69) is 0 Å². The Kier molecular flexibility index (Phi) is 5.10. The van der Waals surface area contributed by atoms with Gasteiger partial charge in [-0.15, -0.1) is 0 Å². The summed E-state index contributed by atoms with van der Waals surface area (Å²) in [6.07, 6.45) is 0. The molecule has 3 aromatic rings. The number of rotatable bonds is 4. The molecule has 0 bridgehead atoms. The van der Waals surface area contributed by atoms with Gasteiger partial charge in [0.25, 0.3) is 0 Å². The monoisotopic (exact) mass is 478 g/mol. The van der Waals surface area contributed by atoms with E-state index in [4.69, 9.17) is 22.6 Å². The minimum absolute atomic E-state index is 0.331. The van der Waals surface area contributed by atoms with Crippen LogP contribution in [0.15, 0.2) is 91.0 Å². The molecule has 3 aromatic carbocycles. The van der Waals surface area contributed by atoms with E-state index in [1.165, 1.54) is 0 Å². The summed E-state index contributed by atoms with van der Waals surface area (Å²) in [4.78, 5) is 13.3. The van der Waals surface area contributed by atoms with Crippen LogP contribution in [0.4, 0.5) is 0 Å². The molecule has 2 aliphatic rings. The SMILES string of the molecule is CC1(C)OP2(OC(=O)c3ccccc3)(OC(c3ccccc3)=C(c3ccccc3)O2)OC1(C)C. The molecule has 2 aliphatic heterocycles. The van der Waals surface area contributed by atoms with Crippen molar-refractivity contribution in [2.24, 2.45) is 0 Å². The van der Waals surface area contributed by atoms with Crippen molar-refractivity contribution in [2.75, 3.05) is 0 Å². The molecule has 0 aromatic heterocycles. The normalized spacial score (nSPS) is 22.3. The molecule has 0 unspecified atom stereocenters. The first kappa shape index (κ1) is 22.6. The molecule has 1 fully saturated rings. The molecule has 0 saturated carbocycles. The quantitative estimate of drug-likeness (QED) is 0.371. The van der Waals surface area contributed by atoms with Crippen LogP contribution in [0.2, 0.25) is 0 Å². The van der Waals surface area contributed by atoms with Gasteiger partial charge in [-0.2, -0.15) is 0 Å². The van der Waals surface area contributed by atoms with E-state index in [9.17, 15) is 4.79 Å². The zero-order valence-electron chi connectivity index (χ0n) is 19.6. The molecule has 6 nitrogen and oxygen atoms in total. The van der Waals surface area contributed by atoms with E-state index < -0.39 is 24.9 Å². The Labute approximate surface area is 199 Å². The molecular formula is C27H27O6P. The first-order valence-electron chi connectivity index (χ1n) is 11.1. The predicted molar refractivity (Wildman–Crippen MR) is 131 cm³/mol. The molecule has 0 radical (unpaired) electrons. The zero-order chi connectivity index (χ0) is 24.1. The zero-order valence-corrected chi connectivity index (χ0v) is 20.5. The topological polar surface area (TPSA) is 63.2 Å². The van der Waals surface area contributed by atoms with Crippen LogP contribution in [-0.2, 0) is 22.6 Å². The second-order valence-electron chi connectivity index (χ2n) is 9.27. The Morgan fingerprint density at radius 2 is 1.03 bits per heavy atom. The van der Waals surface area contributed by atoms with E-state index in [0.29, 0.717) is 17.1 Å². The van der Waals surface area contributed by atoms with Gasteiger partial charge in [-0.3, -0.25) is 0 Å². The molecule has 5 rings (SSSR count). The number of hydrogen-bond donors (Lipinski definition) is 0. The molecule has 1 saturated heterocycles. The fourth-order valence-electron chi connectivity index (χ4n) is 3.84. The first-order chi connectivity index (χ1) is 16.1. The second kappa shape index (κ2) is 7.67. The summed E-state index contributed by atoms with van der Waals surface area (Å²) in [5.74, 6) is 0.117. The number of benzene rings is 3. The average molecular weight is 478 g/mol. The van der Waals surface area contributed by atoms with Crippen LogP contribution < -0.4 is 0 Å². The Balaban J connectivity index is 1.67. The van der Waals surface area contributed by atoms with Gasteiger partial charge in [0.2, 0.25) is 0 Å². The van der Waals surface area contributed by atoms with Crippen LogP contribution in [-0.4, -0.2) is 17.2 Å². The van der Waals surface area contributed by atoms with Crippen LogP contribution in [0, 0.1) is 0 Å². The molecule has 176 valence electrons. The summed E-state index contributed by atoms with van der Waals surface area (Å²) in [7, 11) is -4.96. The van der Waals surface area contributed by atoms with E-state index in [0.717, 1.165) is 11.1 Å². The fraction of sp³-hybridized carbons (Fsp3) is 0.222. The van der Waals surface area contributed by atoms with Gasteiger partial charge in [0.1, 0.15) is 0 Å². The maximum absolute atomic E-state index is 13.3. The van der Waals surface area contributed by atoms with Crippen molar-refractivity contribution in [1.82, 2.24) is 0 Å². The van der Waals surface area contributed by atoms with E-state index >= 15 is 0 Å². The number of carbonyl (C=O) groups excluding carboxylic acids is 1. The maximum atomic E-state index is 13.3. The number of hydrogen-bond acceptors (Lipinski definition) is 6. The summed E-state index contributed by atoms with van der Waals surface area (Å²) >= 11 is 0. The Morgan fingerprint density at radius 3 is 1.44 bits per heavy atom. The minimum atomic E-state index is -4.96. The third-order valence-electron chi connectivity index (χ3n) is 6.20. The van der Waals surface area contributed by atoms with Crippen molar-refractivity contribution in [1.29, 1.82) is 0 Å². The van der Waals surface area contributed by atoms with Gasteiger partial charge < -0.3 is 0 Å². The Hall–Kier alpha value is -3.18. The molecule has 0 N–H and O–H groups in total. The van der Waals surface area contributed by atoms with E-state index in [1.54, 1.807) is 24.3 Å². The standard InChI is InChI=1S/C27H27O6P/c1-26(2)27(3,4)33-34(32-26,31-25(28)22-18-12-7-13-19-22)29-23(20-14-8-5-9-15-20)24(30-34)21-16-10-6-11-17-21/h5-19H,1-4H3. The van der Waals surface area contributed by atoms with Crippen molar-refractivity contribution in [3.05, 3.63) is 108 Å². The molecule has 1 spiro atoms. The molecule has 0 atom stereocenters. The van der Waals surface area contributed by atoms with Gasteiger partial charge in [0, 0.05) is 0 Å². The summed E-state index contributed by atoms with van der Waals surface area (Å²) < 4.78 is 32.0. The molecular weight excluding hydrogens is 451 g/mol. The van der Waals surface area contributed by atoms with Crippen molar-refractivity contribution >= 4 is 25.2 Å². The average Bonchev–Trinajstić information content (AvgIpc) is 3.22. The summed E-state index contributed by atoms with van der Waals surface area (Å²) in [5.41, 5.74) is 0.0327. The van der Waals surface area contributed by atoms with Crippen LogP contribution in [0.3, 0.4) is 0 Å². The molecule has 0 aliphatic carbocycles. The van der Waals surface area contributed by atoms with Crippen molar-refractivity contribution in [3.63, 3.8) is 0 Å². The van der Waals surface area contributed by atoms with Crippen LogP contribution >= 0.6 is 7.74 Å². The van der Waals surface area contributed by atoms with Crippen molar-refractivity contribution in [2.45, 2.75) is 38.9 Å². The predicted octanol–water partition coefficient (Wildman–Crippen LogP) is 7.15. The Bertz CT molecular complexity index is 1180. The van der Waals surface area contributed by atoms with E-state index in [-0.39, 0.29) is 0 Å². The van der Waals surface area contributed by atoms with Gasteiger partial charge in [0.05, 0.1) is 0 Å². The first-order valence-corrected chi connectivity index (χ1v) is 12.9.